The molecule has 5 heteroatoms. The molecule has 4 aliphatic rings. The average molecular weight is 433 g/mol. The predicted molar refractivity (Wildman–Crippen MR) is 123 cm³/mol. The fourth-order valence-electron chi connectivity index (χ4n) is 5.69. The van der Waals surface area contributed by atoms with Crippen molar-refractivity contribution in [3.8, 4) is 0 Å². The summed E-state index contributed by atoms with van der Waals surface area (Å²) in [5.74, 6) is 1.11. The number of benzene rings is 2. The van der Waals surface area contributed by atoms with Crippen molar-refractivity contribution in [2.45, 2.75) is 49.6 Å². The monoisotopic (exact) mass is 432 g/mol. The smallest absolute Gasteiger partial charge is 0.232 e. The molecule has 2 aliphatic heterocycles. The minimum atomic E-state index is 0.168. The van der Waals surface area contributed by atoms with Crippen molar-refractivity contribution >= 4 is 23.6 Å². The Morgan fingerprint density at radius 2 is 1.13 bits per heavy atom. The Bertz CT molecular complexity index is 973. The lowest BCUT2D eigenvalue weighted by Crippen LogP contribution is -2.43. The van der Waals surface area contributed by atoms with Gasteiger partial charge in [-0.25, -0.2) is 0 Å². The van der Waals surface area contributed by atoms with E-state index in [1.165, 1.54) is 59.7 Å². The molecule has 2 saturated carbocycles. The van der Waals surface area contributed by atoms with Gasteiger partial charge in [-0.15, -0.1) is 11.8 Å². The maximum absolute atomic E-state index is 12.9. The summed E-state index contributed by atoms with van der Waals surface area (Å²) in [6, 6.07) is 17.2. The third-order valence-corrected chi connectivity index (χ3v) is 8.65. The third kappa shape index (κ3) is 3.38. The second kappa shape index (κ2) is 7.13. The van der Waals surface area contributed by atoms with E-state index in [0.29, 0.717) is 24.6 Å². The van der Waals surface area contributed by atoms with Gasteiger partial charge in [-0.05, 0) is 47.9 Å². The molecule has 2 amide bonds. The highest BCUT2D eigenvalue weighted by molar-refractivity contribution is 8.00. The molecule has 2 aromatic carbocycles. The molecule has 2 fully saturated rings. The van der Waals surface area contributed by atoms with Crippen LogP contribution in [0.2, 0.25) is 0 Å². The number of carbonyl (C=O) groups is 2. The lowest BCUT2D eigenvalue weighted by atomic mass is 9.87. The second-order valence-corrected chi connectivity index (χ2v) is 10.9. The summed E-state index contributed by atoms with van der Waals surface area (Å²) in [7, 11) is 0. The number of nitrogens with zero attached hydrogens (tertiary/aromatic N) is 2. The molecule has 0 saturated heterocycles. The number of carbonyl (C=O) groups excluding carboxylic acids is 2. The van der Waals surface area contributed by atoms with Crippen LogP contribution in [-0.2, 0) is 33.5 Å². The van der Waals surface area contributed by atoms with E-state index in [9.17, 15) is 9.59 Å². The van der Waals surface area contributed by atoms with Crippen LogP contribution in [0, 0.1) is 0 Å². The van der Waals surface area contributed by atoms with Crippen molar-refractivity contribution < 1.29 is 9.59 Å². The Morgan fingerprint density at radius 3 is 1.55 bits per heavy atom. The maximum atomic E-state index is 12.9. The van der Waals surface area contributed by atoms with E-state index in [1.54, 1.807) is 0 Å². The molecule has 4 nitrogen and oxygen atoms in total. The van der Waals surface area contributed by atoms with Crippen LogP contribution >= 0.6 is 11.8 Å². The van der Waals surface area contributed by atoms with Crippen LogP contribution in [0.4, 0.5) is 0 Å². The molecule has 0 atom stereocenters. The zero-order chi connectivity index (χ0) is 21.1. The first-order valence-corrected chi connectivity index (χ1v) is 12.5. The first kappa shape index (κ1) is 19.4. The Kier molecular flexibility index (Phi) is 4.46. The van der Waals surface area contributed by atoms with E-state index < -0.39 is 0 Å². The molecule has 2 aliphatic carbocycles. The third-order valence-electron chi connectivity index (χ3n) is 7.75. The summed E-state index contributed by atoms with van der Waals surface area (Å²) in [5.41, 5.74) is 5.88. The molecule has 2 spiro atoms. The van der Waals surface area contributed by atoms with Crippen molar-refractivity contribution in [2.75, 3.05) is 24.6 Å². The minimum Gasteiger partial charge on any atom is -0.337 e. The SMILES string of the molecule is O=C(CSCC(=O)N1Cc2ccccc2C2(CC2)C1)N1Cc2ccccc2C2(CC2)C1. The molecule has 6 rings (SSSR count). The lowest BCUT2D eigenvalue weighted by Gasteiger charge is -2.36. The summed E-state index contributed by atoms with van der Waals surface area (Å²) >= 11 is 1.48. The molecule has 2 aromatic rings. The lowest BCUT2D eigenvalue weighted by molar-refractivity contribution is -0.130. The van der Waals surface area contributed by atoms with Gasteiger partial charge >= 0.3 is 0 Å². The van der Waals surface area contributed by atoms with E-state index in [4.69, 9.17) is 0 Å². The Hall–Kier alpha value is -2.27. The van der Waals surface area contributed by atoms with Crippen molar-refractivity contribution in [2.24, 2.45) is 0 Å². The van der Waals surface area contributed by atoms with Gasteiger partial charge in [-0.2, -0.15) is 0 Å². The summed E-state index contributed by atoms with van der Waals surface area (Å²) in [4.78, 5) is 29.9. The first-order chi connectivity index (χ1) is 15.1. The fourth-order valence-corrected chi connectivity index (χ4v) is 6.51. The van der Waals surface area contributed by atoms with Crippen molar-refractivity contribution in [1.82, 2.24) is 9.80 Å². The molecule has 0 radical (unpaired) electrons. The highest BCUT2D eigenvalue weighted by Crippen LogP contribution is 2.53. The highest BCUT2D eigenvalue weighted by atomic mass is 32.2. The highest BCUT2D eigenvalue weighted by Gasteiger charge is 2.50. The van der Waals surface area contributed by atoms with Gasteiger partial charge in [0.25, 0.3) is 0 Å². The summed E-state index contributed by atoms with van der Waals surface area (Å²) in [6.45, 7) is 3.08. The zero-order valence-electron chi connectivity index (χ0n) is 17.8. The van der Waals surface area contributed by atoms with Gasteiger partial charge < -0.3 is 9.80 Å². The number of thioether (sulfide) groups is 1. The van der Waals surface area contributed by atoms with Gasteiger partial charge in [-0.3, -0.25) is 9.59 Å². The molecule has 0 N–H and O–H groups in total. The van der Waals surface area contributed by atoms with E-state index in [2.05, 4.69) is 48.5 Å². The van der Waals surface area contributed by atoms with E-state index in [0.717, 1.165) is 13.1 Å². The summed E-state index contributed by atoms with van der Waals surface area (Å²) in [6.07, 6.45) is 4.71. The number of fused-ring (bicyclic) bond motifs is 4. The molecular weight excluding hydrogens is 404 g/mol. The van der Waals surface area contributed by atoms with Gasteiger partial charge in [0.05, 0.1) is 11.5 Å². The van der Waals surface area contributed by atoms with Crippen LogP contribution in [0.5, 0.6) is 0 Å². The van der Waals surface area contributed by atoms with E-state index in [-0.39, 0.29) is 22.6 Å². The van der Waals surface area contributed by atoms with Crippen molar-refractivity contribution in [1.29, 1.82) is 0 Å². The topological polar surface area (TPSA) is 40.6 Å². The number of amides is 2. The Labute approximate surface area is 188 Å². The largest absolute Gasteiger partial charge is 0.337 e. The molecule has 0 unspecified atom stereocenters. The fraction of sp³-hybridized carbons (Fsp3) is 0.462. The maximum Gasteiger partial charge on any atom is 0.232 e. The first-order valence-electron chi connectivity index (χ1n) is 11.4. The normalized spacial score (nSPS) is 21.5. The van der Waals surface area contributed by atoms with Gasteiger partial charge in [0.1, 0.15) is 0 Å². The van der Waals surface area contributed by atoms with E-state index in [1.807, 2.05) is 9.80 Å². The molecular formula is C26H28N2O2S. The average Bonchev–Trinajstić information content (AvgIpc) is 3.72. The van der Waals surface area contributed by atoms with Crippen molar-refractivity contribution in [3.05, 3.63) is 70.8 Å². The van der Waals surface area contributed by atoms with Gasteiger partial charge in [0.2, 0.25) is 11.8 Å². The van der Waals surface area contributed by atoms with Gasteiger partial charge in [-0.1, -0.05) is 48.5 Å². The van der Waals surface area contributed by atoms with Gasteiger partial charge in [0.15, 0.2) is 0 Å². The molecule has 160 valence electrons. The summed E-state index contributed by atoms with van der Waals surface area (Å²) < 4.78 is 0. The van der Waals surface area contributed by atoms with Crippen LogP contribution in [0.25, 0.3) is 0 Å². The molecule has 2 heterocycles. The van der Waals surface area contributed by atoms with Crippen LogP contribution in [-0.4, -0.2) is 46.2 Å². The second-order valence-electron chi connectivity index (χ2n) is 9.87. The Morgan fingerprint density at radius 1 is 0.710 bits per heavy atom. The number of rotatable bonds is 4. The van der Waals surface area contributed by atoms with Crippen LogP contribution in [0.3, 0.4) is 0 Å². The number of hydrogen-bond acceptors (Lipinski definition) is 3. The van der Waals surface area contributed by atoms with Gasteiger partial charge in [0, 0.05) is 37.0 Å². The standard InChI is InChI=1S/C26H28N2O2S/c29-23(27-13-19-5-1-3-7-21(19)25(17-27)9-10-25)15-31-16-24(30)28-14-20-6-2-4-8-22(20)26(18-28)11-12-26/h1-8H,9-18H2. The zero-order valence-corrected chi connectivity index (χ0v) is 18.6. The molecule has 0 aromatic heterocycles. The number of hydrogen-bond donors (Lipinski definition) is 0. The van der Waals surface area contributed by atoms with E-state index >= 15 is 0 Å². The van der Waals surface area contributed by atoms with Crippen LogP contribution in [0.1, 0.15) is 47.9 Å². The van der Waals surface area contributed by atoms with Crippen LogP contribution < -0.4 is 0 Å². The minimum absolute atomic E-state index is 0.168. The Balaban J connectivity index is 1.05. The predicted octanol–water partition coefficient (Wildman–Crippen LogP) is 3.87. The quantitative estimate of drug-likeness (QED) is 0.737. The van der Waals surface area contributed by atoms with Crippen molar-refractivity contribution in [3.63, 3.8) is 0 Å². The summed E-state index contributed by atoms with van der Waals surface area (Å²) in [5, 5.41) is 0. The molecule has 0 bridgehead atoms. The molecule has 31 heavy (non-hydrogen) atoms. The van der Waals surface area contributed by atoms with Crippen LogP contribution in [0.15, 0.2) is 48.5 Å².